The van der Waals surface area contributed by atoms with E-state index in [1.54, 1.807) is 40.1 Å². The zero-order valence-corrected chi connectivity index (χ0v) is 27.5. The van der Waals surface area contributed by atoms with Gasteiger partial charge in [0.15, 0.2) is 0 Å². The Hall–Kier alpha value is -5.08. The molecule has 0 saturated carbocycles. The fourth-order valence-electron chi connectivity index (χ4n) is 7.13. The van der Waals surface area contributed by atoms with Gasteiger partial charge in [0.1, 0.15) is 17.3 Å². The van der Waals surface area contributed by atoms with Gasteiger partial charge < -0.3 is 24.7 Å². The van der Waals surface area contributed by atoms with E-state index in [2.05, 4.69) is 29.8 Å². The molecule has 1 unspecified atom stereocenters. The number of alkyl halides is 2. The van der Waals surface area contributed by atoms with Crippen molar-refractivity contribution >= 4 is 51.5 Å². The molecule has 9 heteroatoms. The monoisotopic (exact) mass is 676 g/mol. The Morgan fingerprint density at radius 3 is 2.44 bits per heavy atom. The first-order valence-corrected chi connectivity index (χ1v) is 16.6. The second-order valence-corrected chi connectivity index (χ2v) is 12.6. The van der Waals surface area contributed by atoms with E-state index >= 15 is 0 Å². The lowest BCUT2D eigenvalue weighted by atomic mass is 9.76. The molecule has 48 heavy (non-hydrogen) atoms. The van der Waals surface area contributed by atoms with Crippen molar-refractivity contribution in [3.63, 3.8) is 0 Å². The number of methoxy groups -OCH3 is 1. The predicted octanol–water partition coefficient (Wildman–Crippen LogP) is 6.54. The van der Waals surface area contributed by atoms with Crippen molar-refractivity contribution in [3.05, 3.63) is 112 Å². The molecule has 7 nitrogen and oxygen atoms in total. The molecule has 2 amide bonds. The van der Waals surface area contributed by atoms with E-state index in [1.165, 1.54) is 7.11 Å². The van der Waals surface area contributed by atoms with Crippen molar-refractivity contribution in [2.24, 2.45) is 11.8 Å². The van der Waals surface area contributed by atoms with E-state index < -0.39 is 11.8 Å². The van der Waals surface area contributed by atoms with Crippen LogP contribution in [0.4, 0.5) is 5.69 Å². The third-order valence-electron chi connectivity index (χ3n) is 9.36. The quantitative estimate of drug-likeness (QED) is 0.243. The van der Waals surface area contributed by atoms with Crippen LogP contribution in [0.3, 0.4) is 0 Å². The Kier molecular flexibility index (Phi) is 8.43. The highest BCUT2D eigenvalue weighted by Gasteiger charge is 2.41. The fraction of sp³-hybridized carbons (Fsp3) is 0.231. The third kappa shape index (κ3) is 5.40. The van der Waals surface area contributed by atoms with Crippen LogP contribution in [-0.4, -0.2) is 58.9 Å². The average molecular weight is 678 g/mol. The normalized spacial score (nSPS) is 20.5. The summed E-state index contributed by atoms with van der Waals surface area (Å²) in [5, 5.41) is 23.0. The number of anilines is 1. The predicted molar refractivity (Wildman–Crippen MR) is 187 cm³/mol. The number of allylic oxidation sites excluding steroid dienone is 5. The van der Waals surface area contributed by atoms with E-state index in [-0.39, 0.29) is 29.3 Å². The number of phenolic OH excluding ortho intramolecular Hbond substituents is 1. The van der Waals surface area contributed by atoms with Crippen LogP contribution in [0.1, 0.15) is 29.0 Å². The maximum Gasteiger partial charge on any atom is 0.303 e. The SMILES string of the molecule is COc1cc(C#CC(=O)N2C[C@@H](CCl)c3c2cc(O)c2ccccc32)ccc1C#CC(=O)N1C[C@@H](CCl)C2=C1C=C(O)C1=CC=CCC12. The summed E-state index contributed by atoms with van der Waals surface area (Å²) in [4.78, 5) is 29.9. The third-order valence-corrected chi connectivity index (χ3v) is 10.1. The topological polar surface area (TPSA) is 90.3 Å². The molecule has 2 aliphatic carbocycles. The van der Waals surface area contributed by atoms with Gasteiger partial charge in [-0.05, 0) is 41.1 Å². The molecule has 7 rings (SSSR count). The molecule has 2 N–H and O–H groups in total. The molecule has 240 valence electrons. The molecule has 4 aliphatic rings. The summed E-state index contributed by atoms with van der Waals surface area (Å²) < 4.78 is 5.56. The highest BCUT2D eigenvalue weighted by molar-refractivity contribution is 6.19. The summed E-state index contributed by atoms with van der Waals surface area (Å²) in [7, 11) is 1.50. The number of nitrogens with zero attached hydrogens (tertiary/aromatic N) is 2. The maximum absolute atomic E-state index is 13.4. The molecule has 3 aromatic rings. The van der Waals surface area contributed by atoms with Crippen LogP contribution in [0.5, 0.6) is 11.5 Å². The molecule has 0 bridgehead atoms. The van der Waals surface area contributed by atoms with Gasteiger partial charge in [-0.15, -0.1) is 23.2 Å². The first kappa shape index (κ1) is 31.5. The van der Waals surface area contributed by atoms with E-state index in [0.29, 0.717) is 58.5 Å². The van der Waals surface area contributed by atoms with Crippen LogP contribution in [-0.2, 0) is 9.59 Å². The molecule has 0 fully saturated rings. The maximum atomic E-state index is 13.4. The lowest BCUT2D eigenvalue weighted by molar-refractivity contribution is -0.123. The van der Waals surface area contributed by atoms with Gasteiger partial charge in [-0.3, -0.25) is 9.59 Å². The van der Waals surface area contributed by atoms with Gasteiger partial charge in [-0.25, -0.2) is 0 Å². The standard InChI is InChI=1S/C39H30Cl2N2O5/c1-48-35-16-23(11-14-36(46)42-21-25(19-40)38-29-8-4-2-6-27(29)33(44)17-31(38)42)10-12-24(35)13-15-37(47)43-22-26(20-41)39-30-9-5-3-7-28(30)34(45)18-32(39)43/h2-8,10,12,16-18,25-26,30,44-45H,9,19-22H2,1H3/t25-,26-,30?/m1/s1. The van der Waals surface area contributed by atoms with Crippen LogP contribution in [0.15, 0.2) is 95.4 Å². The Bertz CT molecular complexity index is 2140. The Balaban J connectivity index is 1.11. The number of benzene rings is 3. The lowest BCUT2D eigenvalue weighted by Gasteiger charge is -2.29. The first-order valence-electron chi connectivity index (χ1n) is 15.6. The molecule has 0 spiro atoms. The highest BCUT2D eigenvalue weighted by atomic mass is 35.5. The van der Waals surface area contributed by atoms with Gasteiger partial charge in [0.25, 0.3) is 0 Å². The summed E-state index contributed by atoms with van der Waals surface area (Å²) in [5.74, 6) is 11.7. The number of halogens is 2. The fourth-order valence-corrected chi connectivity index (χ4v) is 7.65. The van der Waals surface area contributed by atoms with Crippen molar-refractivity contribution in [1.29, 1.82) is 0 Å². The number of rotatable bonds is 3. The molecular formula is C39H30Cl2N2O5. The summed E-state index contributed by atoms with van der Waals surface area (Å²) >= 11 is 12.7. The smallest absolute Gasteiger partial charge is 0.303 e. The van der Waals surface area contributed by atoms with E-state index in [9.17, 15) is 19.8 Å². The minimum atomic E-state index is -0.420. The van der Waals surface area contributed by atoms with E-state index in [0.717, 1.165) is 28.5 Å². The lowest BCUT2D eigenvalue weighted by Crippen LogP contribution is -2.28. The van der Waals surface area contributed by atoms with Gasteiger partial charge in [0, 0.05) is 88.8 Å². The molecular weight excluding hydrogens is 647 g/mol. The molecule has 3 atom stereocenters. The molecule has 0 saturated heterocycles. The van der Waals surface area contributed by atoms with Crippen LogP contribution in [0.25, 0.3) is 10.8 Å². The Morgan fingerprint density at radius 1 is 0.938 bits per heavy atom. The highest BCUT2D eigenvalue weighted by Crippen LogP contribution is 2.47. The van der Waals surface area contributed by atoms with Gasteiger partial charge >= 0.3 is 11.8 Å². The largest absolute Gasteiger partial charge is 0.508 e. The zero-order chi connectivity index (χ0) is 33.5. The molecule has 0 radical (unpaired) electrons. The van der Waals surface area contributed by atoms with Gasteiger partial charge in [-0.2, -0.15) is 0 Å². The number of carbonyl (C=O) groups excluding carboxylic acids is 2. The number of aliphatic hydroxyl groups is 1. The van der Waals surface area contributed by atoms with Crippen molar-refractivity contribution in [1.82, 2.24) is 4.90 Å². The van der Waals surface area contributed by atoms with Gasteiger partial charge in [0.2, 0.25) is 0 Å². The summed E-state index contributed by atoms with van der Waals surface area (Å²) in [6, 6.07) is 14.2. The number of hydrogen-bond acceptors (Lipinski definition) is 5. The summed E-state index contributed by atoms with van der Waals surface area (Å²) in [6.07, 6.45) is 8.27. The minimum Gasteiger partial charge on any atom is -0.508 e. The molecule has 2 heterocycles. The van der Waals surface area contributed by atoms with E-state index in [4.69, 9.17) is 27.9 Å². The number of fused-ring (bicyclic) bond motifs is 5. The second-order valence-electron chi connectivity index (χ2n) is 12.0. The van der Waals surface area contributed by atoms with Crippen molar-refractivity contribution in [2.45, 2.75) is 12.3 Å². The van der Waals surface area contributed by atoms with Crippen LogP contribution in [0.2, 0.25) is 0 Å². The van der Waals surface area contributed by atoms with Crippen molar-refractivity contribution in [3.8, 4) is 35.2 Å². The first-order chi connectivity index (χ1) is 23.3. The number of amides is 2. The number of aromatic hydroxyl groups is 1. The summed E-state index contributed by atoms with van der Waals surface area (Å²) in [6.45, 7) is 0.749. The summed E-state index contributed by atoms with van der Waals surface area (Å²) in [5.41, 5.74) is 5.11. The molecule has 0 aromatic heterocycles. The molecule has 2 aliphatic heterocycles. The minimum absolute atomic E-state index is 0.0147. The van der Waals surface area contributed by atoms with Crippen molar-refractivity contribution < 1.29 is 24.5 Å². The zero-order valence-electron chi connectivity index (χ0n) is 26.0. The van der Waals surface area contributed by atoms with Crippen LogP contribution < -0.4 is 9.64 Å². The number of ether oxygens (including phenoxy) is 1. The number of phenols is 1. The van der Waals surface area contributed by atoms with E-state index in [1.807, 2.05) is 36.4 Å². The Morgan fingerprint density at radius 2 is 1.67 bits per heavy atom. The number of aliphatic hydroxyl groups excluding tert-OH is 1. The molecule has 3 aromatic carbocycles. The van der Waals surface area contributed by atoms with Crippen LogP contribution in [0, 0.1) is 35.5 Å². The number of carbonyl (C=O) groups is 2. The Labute approximate surface area is 288 Å². The van der Waals surface area contributed by atoms with Crippen LogP contribution >= 0.6 is 23.2 Å². The van der Waals surface area contributed by atoms with Gasteiger partial charge in [-0.1, -0.05) is 54.3 Å². The average Bonchev–Trinajstić information content (AvgIpc) is 3.68. The number of hydrogen-bond donors (Lipinski definition) is 2. The van der Waals surface area contributed by atoms with Crippen molar-refractivity contribution in [2.75, 3.05) is 36.9 Å². The van der Waals surface area contributed by atoms with Gasteiger partial charge in [0.05, 0.1) is 18.4 Å². The second kappa shape index (κ2) is 12.8.